The molecular formula is C17H14ClN3O2. The SMILES string of the molecule is N#CCOc1ccccc1/C=N\NC(=O)Cc1ccc(Cl)cc1. The van der Waals surface area contributed by atoms with E-state index in [1.807, 2.05) is 12.1 Å². The lowest BCUT2D eigenvalue weighted by atomic mass is 10.1. The van der Waals surface area contributed by atoms with E-state index < -0.39 is 0 Å². The van der Waals surface area contributed by atoms with Crippen molar-refractivity contribution in [3.63, 3.8) is 0 Å². The van der Waals surface area contributed by atoms with Gasteiger partial charge < -0.3 is 4.74 Å². The van der Waals surface area contributed by atoms with Gasteiger partial charge in [0, 0.05) is 10.6 Å². The highest BCUT2D eigenvalue weighted by atomic mass is 35.5. The molecule has 1 N–H and O–H groups in total. The number of carbonyl (C=O) groups excluding carboxylic acids is 1. The van der Waals surface area contributed by atoms with E-state index >= 15 is 0 Å². The van der Waals surface area contributed by atoms with Crippen molar-refractivity contribution in [2.24, 2.45) is 5.10 Å². The molecule has 0 saturated heterocycles. The molecule has 2 aromatic carbocycles. The molecule has 6 heteroatoms. The van der Waals surface area contributed by atoms with Gasteiger partial charge in [-0.3, -0.25) is 4.79 Å². The number of para-hydroxylation sites is 1. The third kappa shape index (κ3) is 5.46. The number of hydrogen-bond acceptors (Lipinski definition) is 4. The zero-order valence-corrected chi connectivity index (χ0v) is 13.0. The van der Waals surface area contributed by atoms with Crippen LogP contribution in [0.5, 0.6) is 5.75 Å². The zero-order chi connectivity index (χ0) is 16.5. The second kappa shape index (κ2) is 8.57. The van der Waals surface area contributed by atoms with Gasteiger partial charge in [-0.25, -0.2) is 5.43 Å². The first kappa shape index (κ1) is 16.5. The summed E-state index contributed by atoms with van der Waals surface area (Å²) in [4.78, 5) is 11.8. The fraction of sp³-hybridized carbons (Fsp3) is 0.118. The van der Waals surface area contributed by atoms with Crippen molar-refractivity contribution in [2.75, 3.05) is 6.61 Å². The van der Waals surface area contributed by atoms with Crippen LogP contribution in [0, 0.1) is 11.3 Å². The second-order valence-corrected chi connectivity index (χ2v) is 5.02. The van der Waals surface area contributed by atoms with Crippen LogP contribution < -0.4 is 10.2 Å². The number of benzene rings is 2. The molecule has 0 aliphatic rings. The van der Waals surface area contributed by atoms with Crippen LogP contribution in [0.3, 0.4) is 0 Å². The topological polar surface area (TPSA) is 74.5 Å². The van der Waals surface area contributed by atoms with Crippen molar-refractivity contribution >= 4 is 23.7 Å². The molecule has 1 amide bonds. The molecule has 0 spiro atoms. The molecule has 0 saturated carbocycles. The molecule has 0 bridgehead atoms. The minimum absolute atomic E-state index is 0.0478. The minimum Gasteiger partial charge on any atom is -0.478 e. The van der Waals surface area contributed by atoms with E-state index in [-0.39, 0.29) is 18.9 Å². The summed E-state index contributed by atoms with van der Waals surface area (Å²) < 4.78 is 5.27. The van der Waals surface area contributed by atoms with Crippen molar-refractivity contribution in [1.82, 2.24) is 5.43 Å². The van der Waals surface area contributed by atoms with Gasteiger partial charge in [-0.05, 0) is 29.8 Å². The van der Waals surface area contributed by atoms with Gasteiger partial charge in [0.1, 0.15) is 11.8 Å². The highest BCUT2D eigenvalue weighted by Gasteiger charge is 2.03. The number of rotatable bonds is 6. The number of carbonyl (C=O) groups is 1. The van der Waals surface area contributed by atoms with Gasteiger partial charge in [0.25, 0.3) is 0 Å². The lowest BCUT2D eigenvalue weighted by molar-refractivity contribution is -0.120. The van der Waals surface area contributed by atoms with Crippen molar-refractivity contribution in [3.05, 3.63) is 64.7 Å². The summed E-state index contributed by atoms with van der Waals surface area (Å²) in [5.41, 5.74) is 3.98. The Kier molecular flexibility index (Phi) is 6.16. The van der Waals surface area contributed by atoms with E-state index in [4.69, 9.17) is 21.6 Å². The Hall–Kier alpha value is -2.84. The number of nitrogens with zero attached hydrogens (tertiary/aromatic N) is 2. The Morgan fingerprint density at radius 2 is 2.00 bits per heavy atom. The van der Waals surface area contributed by atoms with Crippen LogP contribution >= 0.6 is 11.6 Å². The number of halogens is 1. The molecule has 0 aliphatic heterocycles. The van der Waals surface area contributed by atoms with Crippen molar-refractivity contribution in [1.29, 1.82) is 5.26 Å². The average Bonchev–Trinajstić information content (AvgIpc) is 2.56. The summed E-state index contributed by atoms with van der Waals surface area (Å²) in [5, 5.41) is 13.1. The number of hydrazone groups is 1. The largest absolute Gasteiger partial charge is 0.478 e. The van der Waals surface area contributed by atoms with E-state index in [1.54, 1.807) is 42.5 Å². The van der Waals surface area contributed by atoms with E-state index in [1.165, 1.54) is 6.21 Å². The van der Waals surface area contributed by atoms with Crippen LogP contribution in [0.4, 0.5) is 0 Å². The lowest BCUT2D eigenvalue weighted by Gasteiger charge is -2.05. The van der Waals surface area contributed by atoms with Gasteiger partial charge in [0.15, 0.2) is 6.61 Å². The highest BCUT2D eigenvalue weighted by Crippen LogP contribution is 2.15. The Morgan fingerprint density at radius 1 is 1.26 bits per heavy atom. The van der Waals surface area contributed by atoms with Gasteiger partial charge in [0.05, 0.1) is 12.6 Å². The Labute approximate surface area is 139 Å². The first-order chi connectivity index (χ1) is 11.2. The van der Waals surface area contributed by atoms with Crippen LogP contribution in [0.2, 0.25) is 5.02 Å². The maximum absolute atomic E-state index is 11.8. The number of nitrogens with one attached hydrogen (secondary N) is 1. The monoisotopic (exact) mass is 327 g/mol. The molecule has 0 atom stereocenters. The molecule has 2 rings (SSSR count). The molecule has 0 radical (unpaired) electrons. The minimum atomic E-state index is -0.237. The van der Waals surface area contributed by atoms with Gasteiger partial charge >= 0.3 is 0 Å². The van der Waals surface area contributed by atoms with Crippen molar-refractivity contribution < 1.29 is 9.53 Å². The standard InChI is InChI=1S/C17H14ClN3O2/c18-15-7-5-13(6-8-15)11-17(22)21-20-12-14-3-1-2-4-16(14)23-10-9-19/h1-8,12H,10-11H2,(H,21,22)/b20-12-. The fourth-order valence-corrected chi connectivity index (χ4v) is 1.96. The molecule has 23 heavy (non-hydrogen) atoms. The maximum atomic E-state index is 11.8. The second-order valence-electron chi connectivity index (χ2n) is 4.58. The van der Waals surface area contributed by atoms with E-state index in [2.05, 4.69) is 10.5 Å². The van der Waals surface area contributed by atoms with Crippen molar-refractivity contribution in [3.8, 4) is 11.8 Å². The predicted octanol–water partition coefficient (Wildman–Crippen LogP) is 2.94. The highest BCUT2D eigenvalue weighted by molar-refractivity contribution is 6.30. The van der Waals surface area contributed by atoms with Crippen LogP contribution in [-0.2, 0) is 11.2 Å². The number of hydrogen-bond donors (Lipinski definition) is 1. The molecule has 116 valence electrons. The van der Waals surface area contributed by atoms with Gasteiger partial charge in [-0.15, -0.1) is 0 Å². The molecule has 0 fully saturated rings. The predicted molar refractivity (Wildman–Crippen MR) is 88.4 cm³/mol. The lowest BCUT2D eigenvalue weighted by Crippen LogP contribution is -2.19. The summed E-state index contributed by atoms with van der Waals surface area (Å²) in [6.07, 6.45) is 1.69. The van der Waals surface area contributed by atoms with Crippen molar-refractivity contribution in [2.45, 2.75) is 6.42 Å². The molecule has 0 aliphatic carbocycles. The fourth-order valence-electron chi connectivity index (χ4n) is 1.83. The molecule has 0 unspecified atom stereocenters. The molecule has 2 aromatic rings. The molecule has 0 heterocycles. The summed E-state index contributed by atoms with van der Waals surface area (Å²) in [6.45, 7) is -0.0478. The summed E-state index contributed by atoms with van der Waals surface area (Å²) in [7, 11) is 0. The van der Waals surface area contributed by atoms with Gasteiger partial charge in [-0.1, -0.05) is 35.9 Å². The van der Waals surface area contributed by atoms with Gasteiger partial charge in [0.2, 0.25) is 5.91 Å². The van der Waals surface area contributed by atoms with E-state index in [9.17, 15) is 4.79 Å². The Balaban J connectivity index is 1.92. The Bertz CT molecular complexity index is 736. The first-order valence-electron chi connectivity index (χ1n) is 6.84. The molecular weight excluding hydrogens is 314 g/mol. The third-order valence-electron chi connectivity index (χ3n) is 2.88. The van der Waals surface area contributed by atoms with Crippen LogP contribution in [0.25, 0.3) is 0 Å². The summed E-state index contributed by atoms with van der Waals surface area (Å²) in [6, 6.07) is 16.1. The molecule has 0 aromatic heterocycles. The van der Waals surface area contributed by atoms with Crippen LogP contribution in [0.1, 0.15) is 11.1 Å². The van der Waals surface area contributed by atoms with Crippen LogP contribution in [0.15, 0.2) is 53.6 Å². The summed E-state index contributed by atoms with van der Waals surface area (Å²) in [5.74, 6) is 0.295. The molecule has 5 nitrogen and oxygen atoms in total. The van der Waals surface area contributed by atoms with Crippen LogP contribution in [-0.4, -0.2) is 18.7 Å². The number of nitriles is 1. The quantitative estimate of drug-likeness (QED) is 0.654. The smallest absolute Gasteiger partial charge is 0.244 e. The first-order valence-corrected chi connectivity index (χ1v) is 7.22. The van der Waals surface area contributed by atoms with E-state index in [0.717, 1.165) is 5.56 Å². The Morgan fingerprint density at radius 3 is 2.74 bits per heavy atom. The third-order valence-corrected chi connectivity index (χ3v) is 3.13. The average molecular weight is 328 g/mol. The summed E-state index contributed by atoms with van der Waals surface area (Å²) >= 11 is 5.79. The van der Waals surface area contributed by atoms with Gasteiger partial charge in [-0.2, -0.15) is 10.4 Å². The maximum Gasteiger partial charge on any atom is 0.244 e. The normalized spacial score (nSPS) is 10.3. The number of ether oxygens (including phenoxy) is 1. The zero-order valence-electron chi connectivity index (χ0n) is 12.2. The van der Waals surface area contributed by atoms with E-state index in [0.29, 0.717) is 16.3 Å². The number of amides is 1.